The van der Waals surface area contributed by atoms with Crippen LogP contribution in [0.4, 0.5) is 5.82 Å². The van der Waals surface area contributed by atoms with Crippen LogP contribution in [0, 0.1) is 0 Å². The van der Waals surface area contributed by atoms with Crippen molar-refractivity contribution in [2.24, 2.45) is 0 Å². The van der Waals surface area contributed by atoms with Crippen LogP contribution < -0.4 is 14.2 Å². The van der Waals surface area contributed by atoms with Gasteiger partial charge in [0.1, 0.15) is 11.3 Å². The molecular formula is C14H15N5O6S. The molecule has 12 heteroatoms. The van der Waals surface area contributed by atoms with Crippen LogP contribution in [-0.2, 0) is 16.7 Å². The average Bonchev–Trinajstić information content (AvgIpc) is 3.01. The number of aromatic hydroxyl groups is 2. The number of phenolic OH excluding ortho intramolecular Hbond substituents is 2. The van der Waals surface area contributed by atoms with Crippen molar-refractivity contribution in [3.63, 3.8) is 0 Å². The van der Waals surface area contributed by atoms with Gasteiger partial charge in [-0.15, -0.1) is 0 Å². The summed E-state index contributed by atoms with van der Waals surface area (Å²) in [6, 6.07) is 2.22. The number of imidazole rings is 1. The molecule has 0 fully saturated rings. The van der Waals surface area contributed by atoms with Gasteiger partial charge in [0, 0.05) is 18.2 Å². The Balaban J connectivity index is 1.91. The Morgan fingerprint density at radius 1 is 1.23 bits per heavy atom. The largest absolute Gasteiger partial charge is 0.507 e. The number of nitrogens with one attached hydrogen (secondary N) is 2. The number of phenols is 2. The van der Waals surface area contributed by atoms with E-state index < -0.39 is 16.1 Å². The molecule has 0 bridgehead atoms. The first-order valence-corrected chi connectivity index (χ1v) is 9.02. The van der Waals surface area contributed by atoms with Crippen LogP contribution in [0.25, 0.3) is 11.2 Å². The first-order valence-electron chi connectivity index (χ1n) is 7.20. The summed E-state index contributed by atoms with van der Waals surface area (Å²) in [7, 11) is -2.44. The number of ether oxygens (including phenoxy) is 1. The van der Waals surface area contributed by atoms with Crippen LogP contribution >= 0.6 is 0 Å². The van der Waals surface area contributed by atoms with Crippen LogP contribution in [0.3, 0.4) is 0 Å². The molecule has 3 rings (SSSR count). The quantitative estimate of drug-likeness (QED) is 0.354. The Kier molecular flexibility index (Phi) is 4.42. The second kappa shape index (κ2) is 6.55. The molecule has 0 unspecified atom stereocenters. The lowest BCUT2D eigenvalue weighted by Gasteiger charge is -2.11. The van der Waals surface area contributed by atoms with Gasteiger partial charge in [-0.1, -0.05) is 0 Å². The maximum absolute atomic E-state index is 11.3. The number of benzene rings is 1. The molecule has 11 nitrogen and oxygen atoms in total. The van der Waals surface area contributed by atoms with Crippen molar-refractivity contribution < 1.29 is 27.6 Å². The van der Waals surface area contributed by atoms with E-state index in [1.807, 2.05) is 0 Å². The Morgan fingerprint density at radius 2 is 2.00 bits per heavy atom. The van der Waals surface area contributed by atoms with Gasteiger partial charge >= 0.3 is 16.1 Å². The van der Waals surface area contributed by atoms with Gasteiger partial charge in [0.15, 0.2) is 23.0 Å². The van der Waals surface area contributed by atoms with Crippen molar-refractivity contribution in [2.45, 2.75) is 6.54 Å². The molecule has 0 aliphatic heterocycles. The lowest BCUT2D eigenvalue weighted by Crippen LogP contribution is -2.10. The van der Waals surface area contributed by atoms with Gasteiger partial charge < -0.3 is 29.4 Å². The summed E-state index contributed by atoms with van der Waals surface area (Å²) in [6.45, 7) is 0.0623. The number of hydrogen-bond acceptors (Lipinski definition) is 10. The van der Waals surface area contributed by atoms with Crippen LogP contribution in [0.2, 0.25) is 0 Å². The van der Waals surface area contributed by atoms with Crippen molar-refractivity contribution in [3.05, 3.63) is 24.0 Å². The lowest BCUT2D eigenvalue weighted by molar-refractivity contribution is 0.367. The summed E-state index contributed by atoms with van der Waals surface area (Å²) >= 11 is 0. The molecule has 0 aliphatic rings. The number of anilines is 1. The van der Waals surface area contributed by atoms with E-state index in [0.29, 0.717) is 11.1 Å². The van der Waals surface area contributed by atoms with Crippen molar-refractivity contribution >= 4 is 27.1 Å². The molecule has 1 aromatic carbocycles. The zero-order chi connectivity index (χ0) is 18.9. The average molecular weight is 381 g/mol. The number of rotatable bonds is 6. The highest BCUT2D eigenvalue weighted by Gasteiger charge is 2.15. The fraction of sp³-hybridized carbons (Fsp3) is 0.214. The Hall–Kier alpha value is -3.28. The van der Waals surface area contributed by atoms with E-state index in [1.54, 1.807) is 0 Å². The highest BCUT2D eigenvalue weighted by atomic mass is 32.2. The Bertz CT molecular complexity index is 1070. The first kappa shape index (κ1) is 17.5. The summed E-state index contributed by atoms with van der Waals surface area (Å²) in [5.41, 5.74) is 0.978. The van der Waals surface area contributed by atoms with Gasteiger partial charge in [-0.05, 0) is 6.07 Å². The highest BCUT2D eigenvalue weighted by Crippen LogP contribution is 2.33. The zero-order valence-electron chi connectivity index (χ0n) is 13.7. The molecule has 0 radical (unpaired) electrons. The third-order valence-corrected chi connectivity index (χ3v) is 3.77. The number of fused-ring (bicyclic) bond motifs is 1. The van der Waals surface area contributed by atoms with Crippen molar-refractivity contribution in [3.8, 4) is 23.3 Å². The van der Waals surface area contributed by atoms with Crippen molar-refractivity contribution in [2.75, 3.05) is 18.7 Å². The van der Waals surface area contributed by atoms with Gasteiger partial charge in [-0.25, -0.2) is 4.98 Å². The second-order valence-corrected chi connectivity index (χ2v) is 6.82. The third kappa shape index (κ3) is 3.69. The minimum Gasteiger partial charge on any atom is -0.507 e. The number of hydrogen-bond donors (Lipinski definition) is 4. The van der Waals surface area contributed by atoms with E-state index in [4.69, 9.17) is 8.92 Å². The number of methoxy groups -OCH3 is 1. The summed E-state index contributed by atoms with van der Waals surface area (Å²) in [4.78, 5) is 14.7. The summed E-state index contributed by atoms with van der Waals surface area (Å²) in [5.74, 6) is 0.0983. The lowest BCUT2D eigenvalue weighted by atomic mass is 10.1. The number of aromatic nitrogens is 4. The fourth-order valence-corrected chi connectivity index (χ4v) is 2.54. The fourth-order valence-electron chi connectivity index (χ4n) is 2.20. The molecule has 0 aliphatic carbocycles. The highest BCUT2D eigenvalue weighted by molar-refractivity contribution is 7.86. The van der Waals surface area contributed by atoms with Crippen LogP contribution in [0.1, 0.15) is 5.56 Å². The Labute approximate surface area is 147 Å². The van der Waals surface area contributed by atoms with E-state index in [1.165, 1.54) is 25.6 Å². The molecule has 0 saturated heterocycles. The number of H-pyrrole nitrogens is 1. The topological polar surface area (TPSA) is 160 Å². The maximum atomic E-state index is 11.3. The van der Waals surface area contributed by atoms with E-state index in [2.05, 4.69) is 25.3 Å². The molecular weight excluding hydrogens is 366 g/mol. The van der Waals surface area contributed by atoms with Crippen molar-refractivity contribution in [1.29, 1.82) is 0 Å². The van der Waals surface area contributed by atoms with Gasteiger partial charge in [0.2, 0.25) is 0 Å². The number of nitrogens with zero attached hydrogens (tertiary/aromatic N) is 3. The Morgan fingerprint density at radius 3 is 2.69 bits per heavy atom. The standard InChI is InChI=1S/C14H15N5O6S/c1-24-10-4-8(20)7(3-9(10)21)5-15-12-11-13(17-6-16-11)19-14(18-12)25-26(2,22)23/h3-4,6,20-21H,5H2,1-2H3,(H2,15,16,17,18,19). The predicted molar refractivity (Wildman–Crippen MR) is 90.8 cm³/mol. The predicted octanol–water partition coefficient (Wildman–Crippen LogP) is 0.723. The number of aromatic amines is 1. The van der Waals surface area contributed by atoms with E-state index in [-0.39, 0.29) is 35.3 Å². The normalized spacial score (nSPS) is 11.5. The van der Waals surface area contributed by atoms with Gasteiger partial charge in [-0.3, -0.25) is 0 Å². The molecule has 26 heavy (non-hydrogen) atoms. The molecule has 0 saturated carbocycles. The van der Waals surface area contributed by atoms with Crippen LogP contribution in [-0.4, -0.2) is 51.9 Å². The zero-order valence-corrected chi connectivity index (χ0v) is 14.5. The molecule has 2 aromatic heterocycles. The smallest absolute Gasteiger partial charge is 0.337 e. The third-order valence-electron chi connectivity index (χ3n) is 3.32. The molecule has 0 atom stereocenters. The van der Waals surface area contributed by atoms with E-state index in [0.717, 1.165) is 6.26 Å². The first-order chi connectivity index (χ1) is 12.3. The molecule has 0 spiro atoms. The second-order valence-electron chi connectivity index (χ2n) is 5.25. The minimum absolute atomic E-state index is 0.0623. The summed E-state index contributed by atoms with van der Waals surface area (Å²) < 4.78 is 32.2. The van der Waals surface area contributed by atoms with Crippen LogP contribution in [0.5, 0.6) is 23.3 Å². The SMILES string of the molecule is COc1cc(O)c(CNc2nc(OS(C)(=O)=O)nc3nc[nH]c23)cc1O. The molecule has 0 amide bonds. The molecule has 3 aromatic rings. The maximum Gasteiger partial charge on any atom is 0.337 e. The molecule has 2 heterocycles. The summed E-state index contributed by atoms with van der Waals surface area (Å²) in [5, 5.41) is 22.8. The van der Waals surface area contributed by atoms with Gasteiger partial charge in [-0.2, -0.15) is 18.4 Å². The monoisotopic (exact) mass is 381 g/mol. The van der Waals surface area contributed by atoms with Gasteiger partial charge in [0.05, 0.1) is 19.7 Å². The molecule has 4 N–H and O–H groups in total. The van der Waals surface area contributed by atoms with Crippen LogP contribution in [0.15, 0.2) is 18.5 Å². The minimum atomic E-state index is -3.81. The van der Waals surface area contributed by atoms with E-state index >= 15 is 0 Å². The molecule has 138 valence electrons. The summed E-state index contributed by atoms with van der Waals surface area (Å²) in [6.07, 6.45) is 2.24. The van der Waals surface area contributed by atoms with Crippen molar-refractivity contribution in [1.82, 2.24) is 19.9 Å². The van der Waals surface area contributed by atoms with E-state index in [9.17, 15) is 18.6 Å². The van der Waals surface area contributed by atoms with Gasteiger partial charge in [0.25, 0.3) is 0 Å².